The smallest absolute Gasteiger partial charge is 0.139 e. The number of pyridine rings is 1. The summed E-state index contributed by atoms with van der Waals surface area (Å²) in [5, 5.41) is 6.04. The van der Waals surface area contributed by atoms with Crippen molar-refractivity contribution in [2.45, 2.75) is 0 Å². The van der Waals surface area contributed by atoms with Crippen molar-refractivity contribution in [2.24, 2.45) is 5.18 Å². The van der Waals surface area contributed by atoms with Crippen LogP contribution in [0.25, 0.3) is 11.7 Å². The molecule has 5 heteroatoms. The first-order valence-corrected chi connectivity index (χ1v) is 4.63. The molecule has 2 aromatic rings. The highest BCUT2D eigenvalue weighted by molar-refractivity contribution is 5.71. The van der Waals surface area contributed by atoms with Gasteiger partial charge in [-0.1, -0.05) is 6.07 Å². The van der Waals surface area contributed by atoms with Crippen molar-refractivity contribution in [1.29, 1.82) is 0 Å². The molecule has 15 heavy (non-hydrogen) atoms. The molecular weight excluding hydrogens is 192 g/mol. The Balaban J connectivity index is 2.29. The molecule has 0 bridgehead atoms. The zero-order valence-electron chi connectivity index (χ0n) is 7.84. The molecule has 0 saturated heterocycles. The summed E-state index contributed by atoms with van der Waals surface area (Å²) in [6, 6.07) is 5.78. The van der Waals surface area contributed by atoms with Gasteiger partial charge in [-0.05, 0) is 23.4 Å². The molecule has 0 unspecified atom stereocenters. The van der Waals surface area contributed by atoms with Crippen molar-refractivity contribution < 1.29 is 0 Å². The van der Waals surface area contributed by atoms with Crippen molar-refractivity contribution in [2.75, 3.05) is 11.9 Å². The molecule has 1 N–H and O–H groups in total. The molecule has 0 atom stereocenters. The quantitative estimate of drug-likeness (QED) is 0.715. The first-order chi connectivity index (χ1) is 7.38. The summed E-state index contributed by atoms with van der Waals surface area (Å²) in [4.78, 5) is 14.8. The molecule has 0 aliphatic carbocycles. The molecule has 0 fully saturated rings. The van der Waals surface area contributed by atoms with Crippen LogP contribution in [0.3, 0.4) is 0 Å². The molecular formula is C10H8N4O. The van der Waals surface area contributed by atoms with Crippen molar-refractivity contribution in [3.05, 3.63) is 40.7 Å². The Kier molecular flexibility index (Phi) is 1.58. The lowest BCUT2D eigenvalue weighted by atomic mass is 10.2. The van der Waals surface area contributed by atoms with E-state index in [-0.39, 0.29) is 0 Å². The average Bonchev–Trinajstić information content (AvgIpc) is 2.66. The van der Waals surface area contributed by atoms with E-state index in [1.165, 1.54) is 0 Å². The number of anilines is 1. The van der Waals surface area contributed by atoms with E-state index in [0.29, 0.717) is 12.2 Å². The van der Waals surface area contributed by atoms with Gasteiger partial charge in [0.2, 0.25) is 0 Å². The largest absolute Gasteiger partial charge is 0.364 e. The predicted octanol–water partition coefficient (Wildman–Crippen LogP) is 1.87. The Morgan fingerprint density at radius 3 is 3.27 bits per heavy atom. The van der Waals surface area contributed by atoms with Crippen LogP contribution in [-0.4, -0.2) is 15.9 Å². The Labute approximate surface area is 85.4 Å². The Morgan fingerprint density at radius 1 is 1.47 bits per heavy atom. The van der Waals surface area contributed by atoms with Gasteiger partial charge < -0.3 is 5.32 Å². The summed E-state index contributed by atoms with van der Waals surface area (Å²) in [5.74, 6) is 0.915. The van der Waals surface area contributed by atoms with Gasteiger partial charge in [-0.25, -0.2) is 4.98 Å². The normalized spacial score (nSPS) is 14.3. The standard InChI is InChI=1S/C10H8N4O/c15-13-7-5-8-10(11-6-7)14-4-2-1-3-9(14)12-8/h1-5,11H,6H2. The predicted molar refractivity (Wildman–Crippen MR) is 57.5 cm³/mol. The average molecular weight is 200 g/mol. The Hall–Kier alpha value is -2.17. The zero-order chi connectivity index (χ0) is 10.3. The Morgan fingerprint density at radius 2 is 2.40 bits per heavy atom. The van der Waals surface area contributed by atoms with E-state index in [1.54, 1.807) is 6.08 Å². The minimum atomic E-state index is 0.458. The minimum Gasteiger partial charge on any atom is -0.364 e. The highest BCUT2D eigenvalue weighted by atomic mass is 16.3. The van der Waals surface area contributed by atoms with Crippen LogP contribution in [0.4, 0.5) is 5.82 Å². The second-order valence-corrected chi connectivity index (χ2v) is 3.36. The van der Waals surface area contributed by atoms with Gasteiger partial charge in [-0.15, -0.1) is 4.91 Å². The monoisotopic (exact) mass is 200 g/mol. The van der Waals surface area contributed by atoms with E-state index in [9.17, 15) is 4.91 Å². The molecule has 74 valence electrons. The number of fused-ring (bicyclic) bond motifs is 3. The lowest BCUT2D eigenvalue weighted by molar-refractivity contribution is 1.09. The van der Waals surface area contributed by atoms with Crippen molar-refractivity contribution in [3.8, 4) is 0 Å². The van der Waals surface area contributed by atoms with Gasteiger partial charge in [-0.2, -0.15) is 0 Å². The SMILES string of the molecule is O=NC1=Cc2nc3ccccn3c2NC1. The number of nitrogens with zero attached hydrogens (tertiary/aromatic N) is 3. The number of hydrogen-bond donors (Lipinski definition) is 1. The number of rotatable bonds is 1. The number of nitrogens with one attached hydrogen (secondary N) is 1. The van der Waals surface area contributed by atoms with E-state index < -0.39 is 0 Å². The summed E-state index contributed by atoms with van der Waals surface area (Å²) in [6.45, 7) is 0.458. The van der Waals surface area contributed by atoms with E-state index in [4.69, 9.17) is 0 Å². The van der Waals surface area contributed by atoms with Gasteiger partial charge in [0.15, 0.2) is 0 Å². The molecule has 0 spiro atoms. The fourth-order valence-electron chi connectivity index (χ4n) is 1.73. The van der Waals surface area contributed by atoms with Gasteiger partial charge >= 0.3 is 0 Å². The molecule has 1 aliphatic heterocycles. The fourth-order valence-corrected chi connectivity index (χ4v) is 1.73. The van der Waals surface area contributed by atoms with Crippen LogP contribution in [0, 0.1) is 4.91 Å². The molecule has 0 amide bonds. The molecule has 0 saturated carbocycles. The van der Waals surface area contributed by atoms with Crippen molar-refractivity contribution >= 4 is 17.5 Å². The van der Waals surface area contributed by atoms with E-state index in [1.807, 2.05) is 28.8 Å². The van der Waals surface area contributed by atoms with Crippen LogP contribution in [0.2, 0.25) is 0 Å². The third-order valence-corrected chi connectivity index (χ3v) is 2.41. The maximum absolute atomic E-state index is 10.4. The van der Waals surface area contributed by atoms with Crippen LogP contribution in [0.1, 0.15) is 5.69 Å². The van der Waals surface area contributed by atoms with Gasteiger partial charge in [0, 0.05) is 6.20 Å². The molecule has 5 nitrogen and oxygen atoms in total. The number of imidazole rings is 1. The summed E-state index contributed by atoms with van der Waals surface area (Å²) < 4.78 is 1.95. The van der Waals surface area contributed by atoms with E-state index in [0.717, 1.165) is 17.2 Å². The van der Waals surface area contributed by atoms with Crippen LogP contribution < -0.4 is 5.32 Å². The second-order valence-electron chi connectivity index (χ2n) is 3.36. The highest BCUT2D eigenvalue weighted by Crippen LogP contribution is 2.24. The van der Waals surface area contributed by atoms with Crippen LogP contribution in [-0.2, 0) is 0 Å². The first-order valence-electron chi connectivity index (χ1n) is 4.63. The van der Waals surface area contributed by atoms with Crippen molar-refractivity contribution in [3.63, 3.8) is 0 Å². The second kappa shape index (κ2) is 2.91. The van der Waals surface area contributed by atoms with Crippen molar-refractivity contribution in [1.82, 2.24) is 9.38 Å². The third kappa shape index (κ3) is 1.13. The van der Waals surface area contributed by atoms with Crippen LogP contribution >= 0.6 is 0 Å². The number of nitroso groups, excluding NO2 is 1. The maximum atomic E-state index is 10.4. The lowest BCUT2D eigenvalue weighted by Gasteiger charge is -2.10. The topological polar surface area (TPSA) is 58.8 Å². The van der Waals surface area contributed by atoms with Gasteiger partial charge in [-0.3, -0.25) is 4.40 Å². The molecule has 0 aromatic carbocycles. The number of aromatic nitrogens is 2. The Bertz CT molecular complexity index is 570. The first kappa shape index (κ1) is 8.16. The van der Waals surface area contributed by atoms with E-state index in [2.05, 4.69) is 15.5 Å². The van der Waals surface area contributed by atoms with Crippen LogP contribution in [0.5, 0.6) is 0 Å². The molecule has 0 radical (unpaired) electrons. The van der Waals surface area contributed by atoms with Gasteiger partial charge in [0.25, 0.3) is 0 Å². The molecule has 3 heterocycles. The highest BCUT2D eigenvalue weighted by Gasteiger charge is 2.15. The van der Waals surface area contributed by atoms with Crippen LogP contribution in [0.15, 0.2) is 35.3 Å². The van der Waals surface area contributed by atoms with Gasteiger partial charge in [0.1, 0.15) is 22.9 Å². The maximum Gasteiger partial charge on any atom is 0.139 e. The molecule has 3 rings (SSSR count). The summed E-state index contributed by atoms with van der Waals surface area (Å²) in [5.41, 5.74) is 2.10. The minimum absolute atomic E-state index is 0.458. The summed E-state index contributed by atoms with van der Waals surface area (Å²) >= 11 is 0. The number of hydrogen-bond acceptors (Lipinski definition) is 4. The third-order valence-electron chi connectivity index (χ3n) is 2.41. The van der Waals surface area contributed by atoms with Gasteiger partial charge in [0.05, 0.1) is 6.54 Å². The lowest BCUT2D eigenvalue weighted by Crippen LogP contribution is -2.10. The molecule has 1 aliphatic rings. The molecule has 2 aromatic heterocycles. The summed E-state index contributed by atoms with van der Waals surface area (Å²) in [6.07, 6.45) is 3.65. The zero-order valence-corrected chi connectivity index (χ0v) is 7.84. The summed E-state index contributed by atoms with van der Waals surface area (Å²) in [7, 11) is 0. The fraction of sp³-hybridized carbons (Fsp3) is 0.100. The van der Waals surface area contributed by atoms with E-state index >= 15 is 0 Å².